The van der Waals surface area contributed by atoms with E-state index in [1.807, 2.05) is 25.2 Å². The molecule has 12 nitrogen and oxygen atoms in total. The molecule has 0 atom stereocenters. The molecule has 3 amide bonds. The van der Waals surface area contributed by atoms with Crippen molar-refractivity contribution in [1.82, 2.24) is 25.0 Å². The summed E-state index contributed by atoms with van der Waals surface area (Å²) in [6.45, 7) is 4.59. The average Bonchev–Trinajstić information content (AvgIpc) is 3.83. The molecule has 1 aliphatic heterocycles. The summed E-state index contributed by atoms with van der Waals surface area (Å²) in [6, 6.07) is 13.0. The van der Waals surface area contributed by atoms with E-state index in [1.165, 1.54) is 12.1 Å². The molecule has 6 rings (SSSR count). The van der Waals surface area contributed by atoms with Crippen LogP contribution in [0.25, 0.3) is 22.2 Å². The van der Waals surface area contributed by atoms with Crippen molar-refractivity contribution in [2.75, 3.05) is 55.8 Å². The van der Waals surface area contributed by atoms with E-state index in [0.717, 1.165) is 85.7 Å². The van der Waals surface area contributed by atoms with Crippen LogP contribution in [-0.4, -0.2) is 76.3 Å². The molecule has 1 saturated heterocycles. The Labute approximate surface area is 262 Å². The molecular formula is C31H35F3N8O4. The average molecular weight is 641 g/mol. The number of carboxylic acid groups (broad SMARTS) is 1. The molecule has 15 heteroatoms. The van der Waals surface area contributed by atoms with E-state index in [-0.39, 0.29) is 5.69 Å². The van der Waals surface area contributed by atoms with Gasteiger partial charge in [0.05, 0.1) is 24.2 Å². The maximum Gasteiger partial charge on any atom is 0.416 e. The van der Waals surface area contributed by atoms with E-state index in [0.29, 0.717) is 24.0 Å². The number of hydrogen-bond acceptors (Lipinski definition) is 7. The largest absolute Gasteiger partial charge is 0.465 e. The monoisotopic (exact) mass is 640 g/mol. The van der Waals surface area contributed by atoms with Gasteiger partial charge in [-0.3, -0.25) is 4.90 Å². The Kier molecular flexibility index (Phi) is 9.92. The number of fused-ring (bicyclic) bond motifs is 1. The van der Waals surface area contributed by atoms with E-state index in [9.17, 15) is 22.8 Å². The minimum atomic E-state index is -4.49. The van der Waals surface area contributed by atoms with Gasteiger partial charge in [-0.15, -0.1) is 0 Å². The number of amides is 3. The minimum absolute atomic E-state index is 0.0442. The highest BCUT2D eigenvalue weighted by atomic mass is 19.4. The van der Waals surface area contributed by atoms with Crippen LogP contribution >= 0.6 is 0 Å². The molecule has 0 spiro atoms. The van der Waals surface area contributed by atoms with Crippen LogP contribution in [0.15, 0.2) is 54.6 Å². The first kappa shape index (κ1) is 32.5. The number of nitrogens with zero attached hydrogens (tertiary/aromatic N) is 4. The van der Waals surface area contributed by atoms with Gasteiger partial charge in [-0.25, -0.2) is 19.3 Å². The summed E-state index contributed by atoms with van der Waals surface area (Å²) in [5, 5.41) is 20.8. The van der Waals surface area contributed by atoms with E-state index in [4.69, 9.17) is 20.6 Å². The zero-order valence-corrected chi connectivity index (χ0v) is 25.1. The molecule has 0 radical (unpaired) electrons. The number of nitrogen functional groups attached to an aromatic ring is 1. The maximum absolute atomic E-state index is 12.9. The number of aryl methyl sites for hydroxylation is 1. The maximum atomic E-state index is 12.9. The van der Waals surface area contributed by atoms with Gasteiger partial charge in [-0.2, -0.15) is 18.3 Å². The molecular weight excluding hydrogens is 605 g/mol. The number of carbonyl (C=O) groups excluding carboxylic acids is 1. The molecule has 1 saturated carbocycles. The SMILES string of the molecule is Cn1nc(N)c2c(-c3ccc(NC(=O)Nc4cccc(C(F)(F)F)c4)cc3)cc(C3CC3)nc21.O=C(O)NCCN1CCOCC1. The summed E-state index contributed by atoms with van der Waals surface area (Å²) in [7, 11) is 1.81. The fourth-order valence-electron chi connectivity index (χ4n) is 5.06. The lowest BCUT2D eigenvalue weighted by Crippen LogP contribution is -2.41. The molecule has 1 aliphatic carbocycles. The van der Waals surface area contributed by atoms with Crippen molar-refractivity contribution in [2.45, 2.75) is 24.9 Å². The molecule has 6 N–H and O–H groups in total. The third kappa shape index (κ3) is 8.43. The van der Waals surface area contributed by atoms with Gasteiger partial charge in [-0.1, -0.05) is 18.2 Å². The van der Waals surface area contributed by atoms with Crippen molar-refractivity contribution in [3.8, 4) is 11.1 Å². The predicted molar refractivity (Wildman–Crippen MR) is 168 cm³/mol. The summed E-state index contributed by atoms with van der Waals surface area (Å²) in [4.78, 5) is 29.3. The second-order valence-corrected chi connectivity index (χ2v) is 11.0. The van der Waals surface area contributed by atoms with Gasteiger partial charge < -0.3 is 31.5 Å². The zero-order valence-electron chi connectivity index (χ0n) is 25.1. The number of morpholine rings is 1. The fourth-order valence-corrected chi connectivity index (χ4v) is 5.06. The van der Waals surface area contributed by atoms with Gasteiger partial charge in [0, 0.05) is 56.2 Å². The number of urea groups is 1. The summed E-state index contributed by atoms with van der Waals surface area (Å²) >= 11 is 0. The lowest BCUT2D eigenvalue weighted by molar-refractivity contribution is -0.137. The number of alkyl halides is 3. The normalized spacial score (nSPS) is 15.1. The van der Waals surface area contributed by atoms with Crippen LogP contribution < -0.4 is 21.7 Å². The molecule has 2 aromatic carbocycles. The number of hydrogen-bond donors (Lipinski definition) is 5. The number of anilines is 3. The highest BCUT2D eigenvalue weighted by molar-refractivity contribution is 6.02. The second-order valence-electron chi connectivity index (χ2n) is 11.0. The summed E-state index contributed by atoms with van der Waals surface area (Å²) in [5.74, 6) is 0.838. The van der Waals surface area contributed by atoms with Crippen LogP contribution in [0.2, 0.25) is 0 Å². The lowest BCUT2D eigenvalue weighted by atomic mass is 10.0. The van der Waals surface area contributed by atoms with Crippen LogP contribution in [-0.2, 0) is 18.0 Å². The molecule has 2 fully saturated rings. The van der Waals surface area contributed by atoms with Crippen molar-refractivity contribution in [1.29, 1.82) is 0 Å². The smallest absolute Gasteiger partial charge is 0.416 e. The van der Waals surface area contributed by atoms with E-state index in [2.05, 4.69) is 25.9 Å². The Morgan fingerprint density at radius 1 is 1.04 bits per heavy atom. The predicted octanol–water partition coefficient (Wildman–Crippen LogP) is 5.34. The van der Waals surface area contributed by atoms with Gasteiger partial charge in [-0.05, 0) is 60.4 Å². The van der Waals surface area contributed by atoms with Gasteiger partial charge in [0.2, 0.25) is 0 Å². The Morgan fingerprint density at radius 2 is 1.74 bits per heavy atom. The number of nitrogens with one attached hydrogen (secondary N) is 3. The molecule has 0 unspecified atom stereocenters. The molecule has 0 bridgehead atoms. The number of nitrogens with two attached hydrogens (primary N) is 1. The highest BCUT2D eigenvalue weighted by Crippen LogP contribution is 2.42. The van der Waals surface area contributed by atoms with Crippen LogP contribution in [0.1, 0.15) is 30.0 Å². The third-order valence-corrected chi connectivity index (χ3v) is 7.55. The quantitative estimate of drug-likeness (QED) is 0.181. The van der Waals surface area contributed by atoms with E-state index in [1.54, 1.807) is 16.8 Å². The van der Waals surface area contributed by atoms with Crippen molar-refractivity contribution in [3.63, 3.8) is 0 Å². The van der Waals surface area contributed by atoms with Crippen LogP contribution in [0, 0.1) is 0 Å². The van der Waals surface area contributed by atoms with Crippen LogP contribution in [0.3, 0.4) is 0 Å². The number of benzene rings is 2. The second kappa shape index (κ2) is 14.0. The van der Waals surface area contributed by atoms with Gasteiger partial charge >= 0.3 is 18.3 Å². The topological polar surface area (TPSA) is 160 Å². The fraction of sp³-hybridized carbons (Fsp3) is 0.355. The van der Waals surface area contributed by atoms with Crippen LogP contribution in [0.4, 0.5) is 40.0 Å². The summed E-state index contributed by atoms with van der Waals surface area (Å²) in [5.41, 5.74) is 9.38. The Bertz CT molecular complexity index is 1680. The van der Waals surface area contributed by atoms with Crippen molar-refractivity contribution in [3.05, 3.63) is 65.9 Å². The van der Waals surface area contributed by atoms with Gasteiger partial charge in [0.15, 0.2) is 11.5 Å². The molecule has 4 aromatic rings. The summed E-state index contributed by atoms with van der Waals surface area (Å²) < 4.78 is 45.5. The first-order valence-corrected chi connectivity index (χ1v) is 14.7. The molecule has 2 aliphatic rings. The Morgan fingerprint density at radius 3 is 2.39 bits per heavy atom. The standard InChI is InChI=1S/C24H21F3N6O.C7H14N2O3/c1-33-22-20(21(28)32-33)18(12-19(31-22)14-5-6-14)13-7-9-16(10-8-13)29-23(34)30-17-4-2-3-15(11-17)24(25,26)27;10-7(11)8-1-2-9-3-5-12-6-4-9/h2-4,7-12,14H,5-6H2,1H3,(H2,28,32)(H2,29,30,34);8H,1-6H2,(H,10,11). The number of pyridine rings is 1. The number of rotatable bonds is 7. The van der Waals surface area contributed by atoms with Crippen molar-refractivity contribution >= 4 is 40.4 Å². The first-order chi connectivity index (χ1) is 22.0. The molecule has 3 heterocycles. The number of aromatic nitrogens is 3. The molecule has 2 aromatic heterocycles. The van der Waals surface area contributed by atoms with E-state index >= 15 is 0 Å². The number of ether oxygens (including phenoxy) is 1. The van der Waals surface area contributed by atoms with Crippen LogP contribution in [0.5, 0.6) is 0 Å². The lowest BCUT2D eigenvalue weighted by Gasteiger charge is -2.26. The van der Waals surface area contributed by atoms with E-state index < -0.39 is 23.9 Å². The molecule has 46 heavy (non-hydrogen) atoms. The summed E-state index contributed by atoms with van der Waals surface area (Å²) in [6.07, 6.45) is -3.23. The number of carbonyl (C=O) groups is 2. The van der Waals surface area contributed by atoms with Gasteiger partial charge in [0.1, 0.15) is 0 Å². The highest BCUT2D eigenvalue weighted by Gasteiger charge is 2.30. The molecule has 244 valence electrons. The van der Waals surface area contributed by atoms with Gasteiger partial charge in [0.25, 0.3) is 0 Å². The Balaban J connectivity index is 0.000000293. The zero-order chi connectivity index (χ0) is 32.8. The Hall–Kier alpha value is -4.89. The first-order valence-electron chi connectivity index (χ1n) is 14.7. The van der Waals surface area contributed by atoms with Crippen molar-refractivity contribution in [2.24, 2.45) is 7.05 Å². The minimum Gasteiger partial charge on any atom is -0.465 e. The van der Waals surface area contributed by atoms with Crippen molar-refractivity contribution < 1.29 is 32.6 Å². The third-order valence-electron chi connectivity index (χ3n) is 7.55. The number of halogens is 3.